The smallest absolute Gasteiger partial charge is 0.170 e. The number of halogens is 4. The summed E-state index contributed by atoms with van der Waals surface area (Å²) in [5, 5.41) is 3.21. The largest absolute Gasteiger partial charge is 0.304 e. The molecule has 0 saturated heterocycles. The molecule has 1 unspecified atom stereocenters. The number of hydrogen-bond acceptors (Lipinski definition) is 2. The lowest BCUT2D eigenvalue weighted by Gasteiger charge is -2.28. The maximum Gasteiger partial charge on any atom is 0.170 e. The van der Waals surface area contributed by atoms with Crippen molar-refractivity contribution in [3.8, 4) is 0 Å². The van der Waals surface area contributed by atoms with Crippen molar-refractivity contribution in [3.05, 3.63) is 71.8 Å². The summed E-state index contributed by atoms with van der Waals surface area (Å²) in [5.41, 5.74) is 2.15. The Morgan fingerprint density at radius 2 is 1.46 bits per heavy atom. The minimum atomic E-state index is -1.32. The lowest BCUT2D eigenvalue weighted by Crippen LogP contribution is -2.48. The van der Waals surface area contributed by atoms with Crippen molar-refractivity contribution in [2.24, 2.45) is 4.99 Å². The van der Waals surface area contributed by atoms with Crippen LogP contribution in [-0.4, -0.2) is 21.4 Å². The summed E-state index contributed by atoms with van der Waals surface area (Å²) >= 11 is 25.0. The van der Waals surface area contributed by atoms with E-state index in [2.05, 4.69) is 10.3 Å². The van der Waals surface area contributed by atoms with Gasteiger partial charge in [-0.15, -0.1) is 23.2 Å². The number of rotatable bonds is 8. The fourth-order valence-electron chi connectivity index (χ4n) is 2.15. The molecular formula is C18H18Cl4N2. The lowest BCUT2D eigenvalue weighted by molar-refractivity contribution is 0.537. The fourth-order valence-corrected chi connectivity index (χ4v) is 3.53. The molecule has 0 heterocycles. The van der Waals surface area contributed by atoms with Gasteiger partial charge in [0.05, 0.1) is 12.6 Å². The molecule has 0 aliphatic rings. The maximum absolute atomic E-state index is 6.41. The first-order valence-corrected chi connectivity index (χ1v) is 9.10. The van der Waals surface area contributed by atoms with Crippen LogP contribution < -0.4 is 5.32 Å². The van der Waals surface area contributed by atoms with Crippen LogP contribution in [0.3, 0.4) is 0 Å². The normalized spacial score (nSPS) is 13.5. The van der Waals surface area contributed by atoms with E-state index in [4.69, 9.17) is 46.4 Å². The van der Waals surface area contributed by atoms with Gasteiger partial charge in [-0.05, 0) is 11.1 Å². The van der Waals surface area contributed by atoms with Crippen molar-refractivity contribution in [1.82, 2.24) is 5.32 Å². The fraction of sp³-hybridized carbons (Fsp3) is 0.278. The van der Waals surface area contributed by atoms with Crippen LogP contribution in [-0.2, 0) is 13.1 Å². The van der Waals surface area contributed by atoms with E-state index in [-0.39, 0.29) is 0 Å². The molecule has 0 aliphatic heterocycles. The highest BCUT2D eigenvalue weighted by Gasteiger charge is 2.37. The summed E-state index contributed by atoms with van der Waals surface area (Å²) in [6, 6.07) is 19.1. The Morgan fingerprint density at radius 1 is 0.917 bits per heavy atom. The first kappa shape index (κ1) is 19.6. The summed E-state index contributed by atoms with van der Waals surface area (Å²) < 4.78 is -1.32. The Bertz CT molecular complexity index is 630. The van der Waals surface area contributed by atoms with Gasteiger partial charge in [0.15, 0.2) is 4.33 Å². The van der Waals surface area contributed by atoms with Crippen LogP contribution in [0, 0.1) is 0 Å². The van der Waals surface area contributed by atoms with Crippen molar-refractivity contribution in [2.75, 3.05) is 0 Å². The van der Waals surface area contributed by atoms with E-state index >= 15 is 0 Å². The van der Waals surface area contributed by atoms with Crippen LogP contribution in [0.4, 0.5) is 0 Å². The zero-order valence-electron chi connectivity index (χ0n) is 12.9. The molecule has 2 rings (SSSR count). The zero-order chi connectivity index (χ0) is 17.4. The van der Waals surface area contributed by atoms with Gasteiger partial charge in [0, 0.05) is 12.8 Å². The molecule has 2 aromatic carbocycles. The van der Waals surface area contributed by atoms with E-state index in [9.17, 15) is 0 Å². The minimum Gasteiger partial charge on any atom is -0.304 e. The first-order valence-electron chi connectivity index (χ1n) is 7.47. The van der Waals surface area contributed by atoms with E-state index in [0.29, 0.717) is 13.1 Å². The second-order valence-electron chi connectivity index (χ2n) is 5.31. The van der Waals surface area contributed by atoms with Crippen molar-refractivity contribution in [3.63, 3.8) is 0 Å². The summed E-state index contributed by atoms with van der Waals surface area (Å²) in [5.74, 6) is 0. The standard InChI is InChI=1S/C18H18Cl4N2/c19-17(20)16(24-12-15-9-5-2-6-10-15)18(21,22)13-23-11-14-7-3-1-4-8-14/h1-10,13,16-17,24H,11-12H2. The van der Waals surface area contributed by atoms with E-state index in [0.717, 1.165) is 11.1 Å². The van der Waals surface area contributed by atoms with Crippen LogP contribution in [0.1, 0.15) is 11.1 Å². The van der Waals surface area contributed by atoms with Gasteiger partial charge in [0.1, 0.15) is 4.84 Å². The van der Waals surface area contributed by atoms with Crippen LogP contribution in [0.15, 0.2) is 65.7 Å². The molecule has 0 radical (unpaired) electrons. The SMILES string of the molecule is ClC(Cl)C(NCc1ccccc1)C(Cl)(Cl)C=NCc1ccccc1. The number of alkyl halides is 4. The molecule has 0 fully saturated rings. The second kappa shape index (κ2) is 9.65. The van der Waals surface area contributed by atoms with E-state index in [1.54, 1.807) is 0 Å². The van der Waals surface area contributed by atoms with E-state index in [1.165, 1.54) is 6.21 Å². The molecule has 1 atom stereocenters. The molecule has 2 nitrogen and oxygen atoms in total. The molecule has 0 aliphatic carbocycles. The van der Waals surface area contributed by atoms with Crippen molar-refractivity contribution in [1.29, 1.82) is 0 Å². The van der Waals surface area contributed by atoms with E-state index < -0.39 is 15.2 Å². The highest BCUT2D eigenvalue weighted by Crippen LogP contribution is 2.30. The predicted octanol–water partition coefficient (Wildman–Crippen LogP) is 5.39. The van der Waals surface area contributed by atoms with Gasteiger partial charge in [-0.3, -0.25) is 4.99 Å². The van der Waals surface area contributed by atoms with Gasteiger partial charge < -0.3 is 5.32 Å². The summed E-state index contributed by atoms with van der Waals surface area (Å²) in [4.78, 5) is 3.54. The molecule has 0 spiro atoms. The molecular weight excluding hydrogens is 386 g/mol. The molecule has 6 heteroatoms. The Labute approximate surface area is 162 Å². The minimum absolute atomic E-state index is 0.489. The monoisotopic (exact) mass is 402 g/mol. The van der Waals surface area contributed by atoms with Crippen molar-refractivity contribution < 1.29 is 0 Å². The van der Waals surface area contributed by atoms with Gasteiger partial charge in [0.25, 0.3) is 0 Å². The lowest BCUT2D eigenvalue weighted by atomic mass is 10.2. The number of nitrogens with one attached hydrogen (secondary N) is 1. The topological polar surface area (TPSA) is 24.4 Å². The summed E-state index contributed by atoms with van der Waals surface area (Å²) in [6.07, 6.45) is 1.49. The number of hydrogen-bond donors (Lipinski definition) is 1. The number of nitrogens with zero attached hydrogens (tertiary/aromatic N) is 1. The quantitative estimate of drug-likeness (QED) is 0.463. The van der Waals surface area contributed by atoms with Gasteiger partial charge >= 0.3 is 0 Å². The average molecular weight is 404 g/mol. The average Bonchev–Trinajstić information content (AvgIpc) is 2.56. The van der Waals surface area contributed by atoms with Crippen LogP contribution in [0.5, 0.6) is 0 Å². The van der Waals surface area contributed by atoms with Gasteiger partial charge in [-0.25, -0.2) is 0 Å². The Morgan fingerprint density at radius 3 is 2.00 bits per heavy atom. The third-order valence-electron chi connectivity index (χ3n) is 3.42. The molecule has 0 aromatic heterocycles. The third kappa shape index (κ3) is 6.27. The molecule has 128 valence electrons. The van der Waals surface area contributed by atoms with Gasteiger partial charge in [0.2, 0.25) is 0 Å². The van der Waals surface area contributed by atoms with Crippen LogP contribution in [0.25, 0.3) is 0 Å². The van der Waals surface area contributed by atoms with Crippen molar-refractivity contribution in [2.45, 2.75) is 28.3 Å². The highest BCUT2D eigenvalue weighted by atomic mass is 35.5. The van der Waals surface area contributed by atoms with Gasteiger partial charge in [-0.2, -0.15) is 0 Å². The first-order chi connectivity index (χ1) is 11.5. The summed E-state index contributed by atoms with van der Waals surface area (Å²) in [6.45, 7) is 1.04. The second-order valence-corrected chi connectivity index (χ2v) is 7.92. The third-order valence-corrected chi connectivity index (χ3v) is 4.58. The van der Waals surface area contributed by atoms with E-state index in [1.807, 2.05) is 60.7 Å². The Balaban J connectivity index is 1.99. The number of benzene rings is 2. The number of aliphatic imine (C=N–C) groups is 1. The molecule has 0 bridgehead atoms. The zero-order valence-corrected chi connectivity index (χ0v) is 15.9. The molecule has 24 heavy (non-hydrogen) atoms. The Hall–Kier alpha value is -0.770. The predicted molar refractivity (Wildman–Crippen MR) is 106 cm³/mol. The van der Waals surface area contributed by atoms with Crippen LogP contribution in [0.2, 0.25) is 0 Å². The Kier molecular flexibility index (Phi) is 7.86. The summed E-state index contributed by atoms with van der Waals surface area (Å²) in [7, 11) is 0. The molecule has 0 amide bonds. The van der Waals surface area contributed by atoms with Gasteiger partial charge in [-0.1, -0.05) is 83.9 Å². The maximum atomic E-state index is 6.41. The van der Waals surface area contributed by atoms with Crippen molar-refractivity contribution >= 4 is 52.6 Å². The highest BCUT2D eigenvalue weighted by molar-refractivity contribution is 6.58. The molecule has 1 N–H and O–H groups in total. The van der Waals surface area contributed by atoms with Crippen LogP contribution >= 0.6 is 46.4 Å². The molecule has 0 saturated carbocycles. The molecule has 2 aromatic rings.